The summed E-state index contributed by atoms with van der Waals surface area (Å²) in [7, 11) is 0. The second-order valence-corrected chi connectivity index (χ2v) is 5.79. The molecule has 0 bridgehead atoms. The molecule has 0 radical (unpaired) electrons. The number of hydrogen-bond donors (Lipinski definition) is 2. The van der Waals surface area contributed by atoms with Gasteiger partial charge in [0.05, 0.1) is 0 Å². The van der Waals surface area contributed by atoms with Crippen molar-refractivity contribution in [2.45, 2.75) is 32.6 Å². The highest BCUT2D eigenvalue weighted by molar-refractivity contribution is 5.45. The summed E-state index contributed by atoms with van der Waals surface area (Å²) in [6.45, 7) is 7.00. The van der Waals surface area contributed by atoms with Gasteiger partial charge in [-0.25, -0.2) is 9.97 Å². The molecule has 0 fully saturated rings. The zero-order valence-electron chi connectivity index (χ0n) is 12.2. The second-order valence-electron chi connectivity index (χ2n) is 5.79. The van der Waals surface area contributed by atoms with Gasteiger partial charge in [0.2, 0.25) is 0 Å². The van der Waals surface area contributed by atoms with Crippen LogP contribution in [0.2, 0.25) is 0 Å². The summed E-state index contributed by atoms with van der Waals surface area (Å²) in [4.78, 5) is 12.9. The Balaban J connectivity index is 2.01. The number of aromatic nitrogens is 3. The zero-order chi connectivity index (χ0) is 14.6. The summed E-state index contributed by atoms with van der Waals surface area (Å²) in [5.41, 5.74) is 6.91. The highest BCUT2D eigenvalue weighted by atomic mass is 15.1. The molecular formula is C15H21N5. The van der Waals surface area contributed by atoms with Gasteiger partial charge in [0.1, 0.15) is 17.5 Å². The molecule has 20 heavy (non-hydrogen) atoms. The Morgan fingerprint density at radius 2 is 2.05 bits per heavy atom. The molecule has 2 heterocycles. The molecule has 0 aliphatic rings. The monoisotopic (exact) mass is 271 g/mol. The van der Waals surface area contributed by atoms with E-state index in [-0.39, 0.29) is 5.41 Å². The summed E-state index contributed by atoms with van der Waals surface area (Å²) < 4.78 is 0. The molecule has 0 atom stereocenters. The van der Waals surface area contributed by atoms with Gasteiger partial charge in [0.25, 0.3) is 0 Å². The lowest BCUT2D eigenvalue weighted by atomic mass is 9.96. The molecular weight excluding hydrogens is 250 g/mol. The predicted octanol–water partition coefficient (Wildman–Crippen LogP) is 2.41. The fourth-order valence-corrected chi connectivity index (χ4v) is 1.77. The third kappa shape index (κ3) is 3.91. The molecule has 0 spiro atoms. The maximum Gasteiger partial charge on any atom is 0.138 e. The fraction of sp³-hybridized carbons (Fsp3) is 0.400. The number of nitrogen functional groups attached to an aromatic ring is 1. The van der Waals surface area contributed by atoms with Crippen molar-refractivity contribution in [1.29, 1.82) is 0 Å². The molecule has 5 nitrogen and oxygen atoms in total. The predicted molar refractivity (Wildman–Crippen MR) is 81.6 cm³/mol. The molecule has 0 aliphatic heterocycles. The topological polar surface area (TPSA) is 76.7 Å². The van der Waals surface area contributed by atoms with E-state index in [9.17, 15) is 0 Å². The zero-order valence-corrected chi connectivity index (χ0v) is 12.2. The first-order valence-corrected chi connectivity index (χ1v) is 6.73. The van der Waals surface area contributed by atoms with Crippen molar-refractivity contribution in [3.63, 3.8) is 0 Å². The first-order valence-electron chi connectivity index (χ1n) is 6.73. The van der Waals surface area contributed by atoms with Gasteiger partial charge in [-0.15, -0.1) is 0 Å². The summed E-state index contributed by atoms with van der Waals surface area (Å²) >= 11 is 0. The summed E-state index contributed by atoms with van der Waals surface area (Å²) in [5.74, 6) is 2.02. The van der Waals surface area contributed by atoms with Crippen LogP contribution in [-0.2, 0) is 11.8 Å². The molecule has 0 aliphatic carbocycles. The van der Waals surface area contributed by atoms with Gasteiger partial charge < -0.3 is 11.1 Å². The van der Waals surface area contributed by atoms with Gasteiger partial charge in [-0.3, -0.25) is 4.98 Å². The molecule has 2 rings (SSSR count). The number of rotatable bonds is 4. The molecule has 5 heteroatoms. The van der Waals surface area contributed by atoms with Crippen LogP contribution in [0, 0.1) is 0 Å². The van der Waals surface area contributed by atoms with Crippen LogP contribution in [0.25, 0.3) is 0 Å². The van der Waals surface area contributed by atoms with Gasteiger partial charge in [0.15, 0.2) is 0 Å². The second kappa shape index (κ2) is 5.86. The van der Waals surface area contributed by atoms with E-state index in [1.54, 1.807) is 12.3 Å². The Morgan fingerprint density at radius 3 is 2.70 bits per heavy atom. The Hall–Kier alpha value is -2.17. The summed E-state index contributed by atoms with van der Waals surface area (Å²) in [5, 5.41) is 3.29. The van der Waals surface area contributed by atoms with Crippen molar-refractivity contribution in [2.24, 2.45) is 0 Å². The molecule has 0 saturated heterocycles. The van der Waals surface area contributed by atoms with Crippen LogP contribution < -0.4 is 11.1 Å². The first-order chi connectivity index (χ1) is 9.45. The molecule has 0 aromatic carbocycles. The normalized spacial score (nSPS) is 11.3. The van der Waals surface area contributed by atoms with Gasteiger partial charge in [-0.2, -0.15) is 0 Å². The van der Waals surface area contributed by atoms with Crippen molar-refractivity contribution in [2.75, 3.05) is 17.6 Å². The quantitative estimate of drug-likeness (QED) is 0.893. The molecule has 3 N–H and O–H groups in total. The van der Waals surface area contributed by atoms with Crippen molar-refractivity contribution in [3.8, 4) is 0 Å². The van der Waals surface area contributed by atoms with Gasteiger partial charge in [0, 0.05) is 30.4 Å². The van der Waals surface area contributed by atoms with Crippen LogP contribution in [0.4, 0.5) is 11.6 Å². The van der Waals surface area contributed by atoms with E-state index >= 15 is 0 Å². The van der Waals surface area contributed by atoms with Crippen molar-refractivity contribution >= 4 is 11.6 Å². The van der Waals surface area contributed by atoms with E-state index < -0.39 is 0 Å². The lowest BCUT2D eigenvalue weighted by molar-refractivity contribution is 0.547. The molecule has 0 saturated carbocycles. The SMILES string of the molecule is CC(C)(C)c1nc(N)cc(NCCc2cccnc2)n1. The largest absolute Gasteiger partial charge is 0.384 e. The highest BCUT2D eigenvalue weighted by Gasteiger charge is 2.18. The number of anilines is 2. The molecule has 0 amide bonds. The van der Waals surface area contributed by atoms with Gasteiger partial charge in [-0.05, 0) is 18.1 Å². The minimum absolute atomic E-state index is 0.116. The molecule has 106 valence electrons. The van der Waals surface area contributed by atoms with E-state index in [4.69, 9.17) is 5.73 Å². The Bertz CT molecular complexity index is 560. The minimum atomic E-state index is -0.116. The number of nitrogens with two attached hydrogens (primary N) is 1. The van der Waals surface area contributed by atoms with E-state index in [1.807, 2.05) is 12.3 Å². The number of nitrogens with zero attached hydrogens (tertiary/aromatic N) is 3. The van der Waals surface area contributed by atoms with E-state index in [1.165, 1.54) is 5.56 Å². The third-order valence-corrected chi connectivity index (χ3v) is 2.86. The average Bonchev–Trinajstić information content (AvgIpc) is 2.38. The van der Waals surface area contributed by atoms with Crippen molar-refractivity contribution in [3.05, 3.63) is 42.0 Å². The average molecular weight is 271 g/mol. The Kier molecular flexibility index (Phi) is 4.17. The maximum absolute atomic E-state index is 5.84. The number of pyridine rings is 1. The van der Waals surface area contributed by atoms with Crippen molar-refractivity contribution in [1.82, 2.24) is 15.0 Å². The van der Waals surface area contributed by atoms with Crippen LogP contribution in [0.15, 0.2) is 30.6 Å². The lowest BCUT2D eigenvalue weighted by Crippen LogP contribution is -2.18. The van der Waals surface area contributed by atoms with Gasteiger partial charge >= 0.3 is 0 Å². The van der Waals surface area contributed by atoms with Crippen molar-refractivity contribution < 1.29 is 0 Å². The van der Waals surface area contributed by atoms with Crippen LogP contribution in [0.3, 0.4) is 0 Å². The Morgan fingerprint density at radius 1 is 1.25 bits per heavy atom. The van der Waals surface area contributed by atoms with E-state index in [0.29, 0.717) is 5.82 Å². The van der Waals surface area contributed by atoms with Crippen LogP contribution in [0.1, 0.15) is 32.2 Å². The summed E-state index contributed by atoms with van der Waals surface area (Å²) in [6, 6.07) is 5.76. The Labute approximate surface area is 119 Å². The standard InChI is InChI=1S/C15H21N5/c1-15(2,3)14-19-12(16)9-13(20-14)18-8-6-11-5-4-7-17-10-11/h4-5,7,9-10H,6,8H2,1-3H3,(H3,16,18,19,20). The van der Waals surface area contributed by atoms with E-state index in [2.05, 4.69) is 47.1 Å². The van der Waals surface area contributed by atoms with Crippen LogP contribution in [-0.4, -0.2) is 21.5 Å². The third-order valence-electron chi connectivity index (χ3n) is 2.86. The smallest absolute Gasteiger partial charge is 0.138 e. The fourth-order valence-electron chi connectivity index (χ4n) is 1.77. The molecule has 0 unspecified atom stereocenters. The van der Waals surface area contributed by atoms with Gasteiger partial charge in [-0.1, -0.05) is 26.8 Å². The first kappa shape index (κ1) is 14.2. The number of hydrogen-bond acceptors (Lipinski definition) is 5. The number of nitrogens with one attached hydrogen (secondary N) is 1. The maximum atomic E-state index is 5.84. The van der Waals surface area contributed by atoms with Crippen LogP contribution in [0.5, 0.6) is 0 Å². The summed E-state index contributed by atoms with van der Waals surface area (Å²) in [6.07, 6.45) is 4.54. The lowest BCUT2D eigenvalue weighted by Gasteiger charge is -2.18. The van der Waals surface area contributed by atoms with E-state index in [0.717, 1.165) is 24.6 Å². The molecule has 2 aromatic heterocycles. The minimum Gasteiger partial charge on any atom is -0.384 e. The molecule has 2 aromatic rings. The van der Waals surface area contributed by atoms with Crippen LogP contribution >= 0.6 is 0 Å². The highest BCUT2D eigenvalue weighted by Crippen LogP contribution is 2.21.